The van der Waals surface area contributed by atoms with Gasteiger partial charge in [0.05, 0.1) is 29.0 Å². The Balaban J connectivity index is 2.33. The summed E-state index contributed by atoms with van der Waals surface area (Å²) in [7, 11) is 4.17. The molecule has 0 aliphatic rings. The zero-order valence-electron chi connectivity index (χ0n) is 13.1. The van der Waals surface area contributed by atoms with Crippen molar-refractivity contribution < 1.29 is 0 Å². The number of aromatic nitrogens is 2. The summed E-state index contributed by atoms with van der Waals surface area (Å²) in [5.41, 5.74) is 1.21. The van der Waals surface area contributed by atoms with Crippen molar-refractivity contribution >= 4 is 27.3 Å². The first-order valence-corrected chi connectivity index (χ1v) is 8.79. The van der Waals surface area contributed by atoms with Crippen molar-refractivity contribution in [3.63, 3.8) is 0 Å². The molecule has 0 spiro atoms. The van der Waals surface area contributed by atoms with E-state index in [-0.39, 0.29) is 6.04 Å². The molecule has 2 rings (SSSR count). The molecule has 6 heteroatoms. The second kappa shape index (κ2) is 7.54. The van der Waals surface area contributed by atoms with Gasteiger partial charge in [0.2, 0.25) is 0 Å². The lowest BCUT2D eigenvalue weighted by atomic mass is 10.1. The van der Waals surface area contributed by atoms with Crippen LogP contribution in [0.2, 0.25) is 0 Å². The first-order valence-electron chi connectivity index (χ1n) is 7.18. The molecular weight excluding hydrogens is 348 g/mol. The van der Waals surface area contributed by atoms with E-state index < -0.39 is 0 Å². The van der Waals surface area contributed by atoms with E-state index in [1.807, 2.05) is 17.5 Å². The third-order valence-electron chi connectivity index (χ3n) is 3.32. The van der Waals surface area contributed by atoms with Gasteiger partial charge >= 0.3 is 0 Å². The smallest absolute Gasteiger partial charge is 0.0853 e. The minimum Gasteiger partial charge on any atom is -0.308 e. The lowest BCUT2D eigenvalue weighted by Crippen LogP contribution is -2.27. The van der Waals surface area contributed by atoms with Crippen LogP contribution in [0.25, 0.3) is 0 Å². The molecule has 0 saturated heterocycles. The van der Waals surface area contributed by atoms with Crippen molar-refractivity contribution in [1.82, 2.24) is 20.0 Å². The highest BCUT2D eigenvalue weighted by Gasteiger charge is 2.22. The molecule has 116 valence electrons. The van der Waals surface area contributed by atoms with Crippen molar-refractivity contribution in [1.29, 1.82) is 0 Å². The summed E-state index contributed by atoms with van der Waals surface area (Å²) in [5, 5.41) is 8.12. The number of hydrogen-bond acceptors (Lipinski definition) is 4. The summed E-state index contributed by atoms with van der Waals surface area (Å²) in [6, 6.07) is 4.58. The highest BCUT2D eigenvalue weighted by molar-refractivity contribution is 9.10. The van der Waals surface area contributed by atoms with Gasteiger partial charge in [0.15, 0.2) is 0 Å². The average Bonchev–Trinajstić information content (AvgIpc) is 3.00. The van der Waals surface area contributed by atoms with Gasteiger partial charge in [-0.1, -0.05) is 6.92 Å². The Morgan fingerprint density at radius 2 is 2.19 bits per heavy atom. The van der Waals surface area contributed by atoms with Gasteiger partial charge < -0.3 is 10.2 Å². The number of likely N-dealkylation sites (N-methyl/N-ethyl adjacent to an activating group) is 1. The van der Waals surface area contributed by atoms with Crippen LogP contribution in [0.5, 0.6) is 0 Å². The van der Waals surface area contributed by atoms with Crippen molar-refractivity contribution in [3.05, 3.63) is 38.3 Å². The van der Waals surface area contributed by atoms with Crippen molar-refractivity contribution in [2.24, 2.45) is 0 Å². The molecular formula is C15H23BrN4S. The maximum Gasteiger partial charge on any atom is 0.0853 e. The molecule has 1 N–H and O–H groups in total. The Morgan fingerprint density at radius 3 is 2.76 bits per heavy atom. The van der Waals surface area contributed by atoms with Gasteiger partial charge in [0.1, 0.15) is 0 Å². The summed E-state index contributed by atoms with van der Waals surface area (Å²) in [6.07, 6.45) is 1.90. The van der Waals surface area contributed by atoms with E-state index in [1.54, 1.807) is 0 Å². The molecule has 2 heterocycles. The largest absolute Gasteiger partial charge is 0.308 e. The van der Waals surface area contributed by atoms with Gasteiger partial charge in [-0.15, -0.1) is 11.3 Å². The number of nitrogens with one attached hydrogen (secondary N) is 1. The Hall–Kier alpha value is -0.690. The molecule has 2 aromatic rings. The fourth-order valence-corrected chi connectivity index (χ4v) is 3.76. The normalized spacial score (nSPS) is 13.0. The molecule has 1 unspecified atom stereocenters. The Bertz CT molecular complexity index is 576. The molecule has 1 atom stereocenters. The Labute approximate surface area is 139 Å². The van der Waals surface area contributed by atoms with E-state index in [1.165, 1.54) is 15.4 Å². The van der Waals surface area contributed by atoms with E-state index in [0.29, 0.717) is 0 Å². The molecule has 0 fully saturated rings. The van der Waals surface area contributed by atoms with E-state index in [4.69, 9.17) is 0 Å². The summed E-state index contributed by atoms with van der Waals surface area (Å²) >= 11 is 5.51. The summed E-state index contributed by atoms with van der Waals surface area (Å²) in [6.45, 7) is 7.08. The zero-order chi connectivity index (χ0) is 15.4. The quantitative estimate of drug-likeness (QED) is 0.811. The summed E-state index contributed by atoms with van der Waals surface area (Å²) < 4.78 is 3.17. The third kappa shape index (κ3) is 4.16. The lowest BCUT2D eigenvalue weighted by Gasteiger charge is -2.20. The minimum absolute atomic E-state index is 0.188. The minimum atomic E-state index is 0.188. The highest BCUT2D eigenvalue weighted by atomic mass is 79.9. The maximum atomic E-state index is 4.53. The van der Waals surface area contributed by atoms with Crippen molar-refractivity contribution in [2.45, 2.75) is 26.4 Å². The molecule has 0 aromatic carbocycles. The number of hydrogen-bond donors (Lipinski definition) is 1. The van der Waals surface area contributed by atoms with Crippen LogP contribution in [0.15, 0.2) is 22.8 Å². The lowest BCUT2D eigenvalue weighted by molar-refractivity contribution is 0.365. The predicted octanol–water partition coefficient (Wildman–Crippen LogP) is 3.28. The number of nitrogens with zero attached hydrogens (tertiary/aromatic N) is 3. The highest BCUT2D eigenvalue weighted by Crippen LogP contribution is 2.32. The fourth-order valence-electron chi connectivity index (χ4n) is 2.28. The van der Waals surface area contributed by atoms with Crippen LogP contribution in [0.4, 0.5) is 0 Å². The van der Waals surface area contributed by atoms with Crippen LogP contribution < -0.4 is 5.32 Å². The predicted molar refractivity (Wildman–Crippen MR) is 93.1 cm³/mol. The third-order valence-corrected chi connectivity index (χ3v) is 5.00. The van der Waals surface area contributed by atoms with Crippen molar-refractivity contribution in [2.75, 3.05) is 27.2 Å². The topological polar surface area (TPSA) is 33.1 Å². The zero-order valence-corrected chi connectivity index (χ0v) is 15.5. The Kier molecular flexibility index (Phi) is 5.98. The molecule has 0 bridgehead atoms. The molecule has 0 radical (unpaired) electrons. The van der Waals surface area contributed by atoms with Gasteiger partial charge in [0, 0.05) is 16.3 Å². The van der Waals surface area contributed by atoms with E-state index in [2.05, 4.69) is 76.0 Å². The maximum absolute atomic E-state index is 4.53. The van der Waals surface area contributed by atoms with Gasteiger partial charge in [-0.05, 0) is 55.6 Å². The second-order valence-corrected chi connectivity index (χ2v) is 7.52. The standard InChI is InChI=1S/C15H23BrN4S/c1-5-17-14(13-7-6-11(2)21-13)15-12(16)10-18-20(15)9-8-19(3)4/h6-7,10,14,17H,5,8-9H2,1-4H3. The van der Waals surface area contributed by atoms with Gasteiger partial charge in [-0.25, -0.2) is 0 Å². The molecule has 21 heavy (non-hydrogen) atoms. The van der Waals surface area contributed by atoms with E-state index >= 15 is 0 Å². The van der Waals surface area contributed by atoms with Crippen LogP contribution in [-0.4, -0.2) is 41.9 Å². The molecule has 2 aromatic heterocycles. The van der Waals surface area contributed by atoms with Gasteiger partial charge in [-0.3, -0.25) is 4.68 Å². The summed E-state index contributed by atoms with van der Waals surface area (Å²) in [4.78, 5) is 4.85. The van der Waals surface area contributed by atoms with Crippen LogP contribution in [0.1, 0.15) is 28.4 Å². The fraction of sp³-hybridized carbons (Fsp3) is 0.533. The first-order chi connectivity index (χ1) is 10.0. The molecule has 0 amide bonds. The molecule has 4 nitrogen and oxygen atoms in total. The molecule has 0 aliphatic carbocycles. The number of aryl methyl sites for hydroxylation is 1. The number of rotatable bonds is 7. The van der Waals surface area contributed by atoms with Crippen LogP contribution in [-0.2, 0) is 6.54 Å². The molecule has 0 saturated carbocycles. The van der Waals surface area contributed by atoms with Gasteiger partial charge in [0.25, 0.3) is 0 Å². The average molecular weight is 371 g/mol. The van der Waals surface area contributed by atoms with E-state index in [0.717, 1.165) is 24.1 Å². The van der Waals surface area contributed by atoms with Crippen molar-refractivity contribution in [3.8, 4) is 0 Å². The number of halogens is 1. The van der Waals surface area contributed by atoms with Crippen LogP contribution in [0.3, 0.4) is 0 Å². The monoisotopic (exact) mass is 370 g/mol. The SMILES string of the molecule is CCNC(c1ccc(C)s1)c1c(Br)cnn1CCN(C)C. The van der Waals surface area contributed by atoms with Crippen LogP contribution in [0, 0.1) is 6.92 Å². The summed E-state index contributed by atoms with van der Waals surface area (Å²) in [5.74, 6) is 0. The molecule has 0 aliphatic heterocycles. The van der Waals surface area contributed by atoms with Gasteiger partial charge in [-0.2, -0.15) is 5.10 Å². The first kappa shape index (κ1) is 16.7. The van der Waals surface area contributed by atoms with E-state index in [9.17, 15) is 0 Å². The van der Waals surface area contributed by atoms with Crippen LogP contribution >= 0.6 is 27.3 Å². The Morgan fingerprint density at radius 1 is 1.43 bits per heavy atom. The number of thiophene rings is 1. The second-order valence-electron chi connectivity index (χ2n) is 5.34.